The van der Waals surface area contributed by atoms with Gasteiger partial charge in [-0.2, -0.15) is 0 Å². The van der Waals surface area contributed by atoms with Crippen molar-refractivity contribution in [3.8, 4) is 0 Å². The molecule has 0 amide bonds. The predicted octanol–water partition coefficient (Wildman–Crippen LogP) is -2.03. The zero-order valence-corrected chi connectivity index (χ0v) is 8.14. The van der Waals surface area contributed by atoms with Crippen molar-refractivity contribution in [2.75, 3.05) is 0 Å². The number of H-pyrrole nitrogens is 1. The Morgan fingerprint density at radius 1 is 1.50 bits per heavy atom. The van der Waals surface area contributed by atoms with E-state index < -0.39 is 0 Å². The number of rotatable bonds is 1. The zero-order chi connectivity index (χ0) is 6.85. The quantitative estimate of drug-likeness (QED) is 0.510. The number of halogens is 1. The second-order valence-electron chi connectivity index (χ2n) is 2.61. The third-order valence-electron chi connectivity index (χ3n) is 1.46. The standard InChI is InChI=1S/C7H12N2.BrH/c1-6(2)7-8-4-5-9(7)3;/h4-6H,1-3H3;1H. The SMILES string of the molecule is CC(C)c1[nH]cc[n+]1C.[Br-]. The van der Waals surface area contributed by atoms with Crippen LogP contribution < -0.4 is 21.5 Å². The predicted molar refractivity (Wildman–Crippen MR) is 36.1 cm³/mol. The molecule has 1 heterocycles. The molecule has 10 heavy (non-hydrogen) atoms. The fraction of sp³-hybridized carbons (Fsp3) is 0.571. The third-order valence-corrected chi connectivity index (χ3v) is 1.46. The molecule has 0 unspecified atom stereocenters. The molecule has 2 nitrogen and oxygen atoms in total. The molecular formula is C7H13BrN2. The summed E-state index contributed by atoms with van der Waals surface area (Å²) in [5.74, 6) is 1.86. The maximum absolute atomic E-state index is 3.17. The highest BCUT2D eigenvalue weighted by Crippen LogP contribution is 2.03. The summed E-state index contributed by atoms with van der Waals surface area (Å²) in [4.78, 5) is 3.17. The molecule has 0 aliphatic carbocycles. The highest BCUT2D eigenvalue weighted by molar-refractivity contribution is 4.83. The van der Waals surface area contributed by atoms with Gasteiger partial charge in [0, 0.05) is 0 Å². The van der Waals surface area contributed by atoms with Crippen molar-refractivity contribution in [3.63, 3.8) is 0 Å². The molecular weight excluding hydrogens is 192 g/mol. The molecule has 1 aromatic heterocycles. The van der Waals surface area contributed by atoms with Crippen molar-refractivity contribution in [1.82, 2.24) is 4.98 Å². The molecule has 0 bridgehead atoms. The second-order valence-corrected chi connectivity index (χ2v) is 2.61. The number of hydrogen-bond acceptors (Lipinski definition) is 0. The summed E-state index contributed by atoms with van der Waals surface area (Å²) >= 11 is 0. The largest absolute Gasteiger partial charge is 1.00 e. The smallest absolute Gasteiger partial charge is 0.256 e. The van der Waals surface area contributed by atoms with Crippen LogP contribution in [0.25, 0.3) is 0 Å². The van der Waals surface area contributed by atoms with Gasteiger partial charge in [-0.3, -0.25) is 0 Å². The Balaban J connectivity index is 0.000000810. The number of imidazole rings is 1. The van der Waals surface area contributed by atoms with Crippen molar-refractivity contribution < 1.29 is 21.5 Å². The fourth-order valence-electron chi connectivity index (χ4n) is 0.991. The minimum Gasteiger partial charge on any atom is -1.00 e. The lowest BCUT2D eigenvalue weighted by molar-refractivity contribution is -0.678. The lowest BCUT2D eigenvalue weighted by atomic mass is 10.2. The van der Waals surface area contributed by atoms with Crippen LogP contribution in [-0.4, -0.2) is 4.98 Å². The van der Waals surface area contributed by atoms with E-state index in [1.54, 1.807) is 0 Å². The van der Waals surface area contributed by atoms with E-state index in [1.165, 1.54) is 5.82 Å². The Kier molecular flexibility index (Phi) is 3.64. The average Bonchev–Trinajstić information content (AvgIpc) is 2.13. The van der Waals surface area contributed by atoms with Crippen molar-refractivity contribution in [1.29, 1.82) is 0 Å². The minimum atomic E-state index is 0. The molecule has 3 heteroatoms. The van der Waals surface area contributed by atoms with Crippen LogP contribution in [0, 0.1) is 0 Å². The maximum atomic E-state index is 3.17. The van der Waals surface area contributed by atoms with E-state index in [2.05, 4.69) is 23.4 Å². The zero-order valence-electron chi connectivity index (χ0n) is 6.56. The molecule has 0 saturated heterocycles. The van der Waals surface area contributed by atoms with Crippen LogP contribution in [0.3, 0.4) is 0 Å². The highest BCUT2D eigenvalue weighted by Gasteiger charge is 2.09. The molecule has 58 valence electrons. The molecule has 1 N–H and O–H groups in total. The van der Waals surface area contributed by atoms with Crippen molar-refractivity contribution in [2.24, 2.45) is 7.05 Å². The summed E-state index contributed by atoms with van der Waals surface area (Å²) in [5.41, 5.74) is 0. The number of nitrogens with one attached hydrogen (secondary N) is 1. The first kappa shape index (κ1) is 9.69. The average molecular weight is 205 g/mol. The summed E-state index contributed by atoms with van der Waals surface area (Å²) in [6.07, 6.45) is 3.98. The first-order valence-electron chi connectivity index (χ1n) is 3.24. The molecule has 0 atom stereocenters. The normalized spacial score (nSPS) is 9.60. The van der Waals surface area contributed by atoms with Gasteiger partial charge in [0.25, 0.3) is 5.82 Å². The van der Waals surface area contributed by atoms with Crippen molar-refractivity contribution in [3.05, 3.63) is 18.2 Å². The van der Waals surface area contributed by atoms with Gasteiger partial charge in [0.1, 0.15) is 12.4 Å². The lowest BCUT2D eigenvalue weighted by Gasteiger charge is -1.95. The van der Waals surface area contributed by atoms with Crippen LogP contribution in [0.5, 0.6) is 0 Å². The van der Waals surface area contributed by atoms with E-state index in [4.69, 9.17) is 0 Å². The molecule has 0 saturated carbocycles. The van der Waals surface area contributed by atoms with Gasteiger partial charge in [-0.25, -0.2) is 9.55 Å². The Bertz CT molecular complexity index is 193. The van der Waals surface area contributed by atoms with E-state index in [9.17, 15) is 0 Å². The van der Waals surface area contributed by atoms with Crippen LogP contribution >= 0.6 is 0 Å². The van der Waals surface area contributed by atoms with Gasteiger partial charge >= 0.3 is 0 Å². The monoisotopic (exact) mass is 204 g/mol. The van der Waals surface area contributed by atoms with Gasteiger partial charge in [-0.15, -0.1) is 0 Å². The highest BCUT2D eigenvalue weighted by atomic mass is 79.9. The van der Waals surface area contributed by atoms with Gasteiger partial charge in [-0.05, 0) is 0 Å². The molecule has 0 radical (unpaired) electrons. The van der Waals surface area contributed by atoms with Crippen molar-refractivity contribution >= 4 is 0 Å². The summed E-state index contributed by atoms with van der Waals surface area (Å²) in [6.45, 7) is 4.34. The first-order chi connectivity index (χ1) is 4.22. The lowest BCUT2D eigenvalue weighted by Crippen LogP contribution is -3.00. The molecule has 0 fully saturated rings. The third kappa shape index (κ3) is 1.84. The molecule has 1 aromatic rings. The Morgan fingerprint density at radius 2 is 2.10 bits per heavy atom. The van der Waals surface area contributed by atoms with E-state index in [-0.39, 0.29) is 17.0 Å². The van der Waals surface area contributed by atoms with Gasteiger partial charge in [0.15, 0.2) is 0 Å². The molecule has 0 aromatic carbocycles. The number of aryl methyl sites for hydroxylation is 1. The number of hydrogen-bond donors (Lipinski definition) is 1. The van der Waals surface area contributed by atoms with Crippen LogP contribution in [0.15, 0.2) is 12.4 Å². The summed E-state index contributed by atoms with van der Waals surface area (Å²) < 4.78 is 2.10. The van der Waals surface area contributed by atoms with Crippen LogP contribution in [-0.2, 0) is 7.05 Å². The summed E-state index contributed by atoms with van der Waals surface area (Å²) in [7, 11) is 2.05. The molecule has 0 aliphatic heterocycles. The van der Waals surface area contributed by atoms with Gasteiger partial charge in [0.2, 0.25) is 0 Å². The van der Waals surface area contributed by atoms with Crippen LogP contribution in [0.2, 0.25) is 0 Å². The summed E-state index contributed by atoms with van der Waals surface area (Å²) in [6, 6.07) is 0. The van der Waals surface area contributed by atoms with Crippen molar-refractivity contribution in [2.45, 2.75) is 19.8 Å². The van der Waals surface area contributed by atoms with E-state index >= 15 is 0 Å². The Morgan fingerprint density at radius 3 is 2.30 bits per heavy atom. The van der Waals surface area contributed by atoms with Gasteiger partial charge < -0.3 is 17.0 Å². The Hall–Kier alpha value is -0.310. The van der Waals surface area contributed by atoms with Crippen LogP contribution in [0.1, 0.15) is 25.6 Å². The molecule has 0 aliphatic rings. The number of aromatic amines is 1. The van der Waals surface area contributed by atoms with Gasteiger partial charge in [0.05, 0.1) is 13.0 Å². The topological polar surface area (TPSA) is 19.7 Å². The minimum absolute atomic E-state index is 0. The van der Waals surface area contributed by atoms with Gasteiger partial charge in [-0.1, -0.05) is 13.8 Å². The van der Waals surface area contributed by atoms with E-state index in [0.29, 0.717) is 5.92 Å². The molecule has 1 rings (SSSR count). The van der Waals surface area contributed by atoms with E-state index in [1.807, 2.05) is 19.4 Å². The number of aromatic nitrogens is 2. The first-order valence-corrected chi connectivity index (χ1v) is 3.24. The maximum Gasteiger partial charge on any atom is 0.256 e. The summed E-state index contributed by atoms with van der Waals surface area (Å²) in [5, 5.41) is 0. The fourth-order valence-corrected chi connectivity index (χ4v) is 0.991. The molecule has 0 spiro atoms. The Labute approximate surface area is 72.0 Å². The van der Waals surface area contributed by atoms with Crippen LogP contribution in [0.4, 0.5) is 0 Å². The van der Waals surface area contributed by atoms with E-state index in [0.717, 1.165) is 0 Å². The number of nitrogens with zero attached hydrogens (tertiary/aromatic N) is 1. The second kappa shape index (κ2) is 3.76.